The van der Waals surface area contributed by atoms with Crippen LogP contribution in [0.5, 0.6) is 0 Å². The van der Waals surface area contributed by atoms with Crippen LogP contribution in [0.1, 0.15) is 30.3 Å². The summed E-state index contributed by atoms with van der Waals surface area (Å²) < 4.78 is 5.49. The summed E-state index contributed by atoms with van der Waals surface area (Å²) in [6.45, 7) is 2.66. The number of urea groups is 1. The molecular weight excluding hydrogens is 364 g/mol. The molecule has 1 fully saturated rings. The molecular formula is C20H19ClN4O2. The second kappa shape index (κ2) is 7.40. The third-order valence-electron chi connectivity index (χ3n) is 4.61. The van der Waals surface area contributed by atoms with E-state index in [-0.39, 0.29) is 12.1 Å². The molecule has 3 aromatic rings. The summed E-state index contributed by atoms with van der Waals surface area (Å²) >= 11 is 5.89. The molecule has 1 N–H and O–H groups in total. The number of aryl methyl sites for hydroxylation is 1. The van der Waals surface area contributed by atoms with Crippen LogP contribution in [0, 0.1) is 6.92 Å². The van der Waals surface area contributed by atoms with Crippen molar-refractivity contribution in [3.05, 3.63) is 65.0 Å². The second-order valence-corrected chi connectivity index (χ2v) is 7.05. The van der Waals surface area contributed by atoms with E-state index in [9.17, 15) is 4.79 Å². The van der Waals surface area contributed by atoms with Gasteiger partial charge in [-0.2, -0.15) is 4.98 Å². The molecule has 0 radical (unpaired) electrons. The smallest absolute Gasteiger partial charge is 0.322 e. The van der Waals surface area contributed by atoms with Gasteiger partial charge < -0.3 is 14.7 Å². The van der Waals surface area contributed by atoms with E-state index in [1.807, 2.05) is 31.2 Å². The number of likely N-dealkylation sites (tertiary alicyclic amines) is 1. The predicted octanol–water partition coefficient (Wildman–Crippen LogP) is 5.07. The molecule has 0 bridgehead atoms. The zero-order chi connectivity index (χ0) is 18.8. The van der Waals surface area contributed by atoms with Gasteiger partial charge in [-0.25, -0.2) is 4.79 Å². The lowest BCUT2D eigenvalue weighted by molar-refractivity contribution is 0.193. The van der Waals surface area contributed by atoms with Gasteiger partial charge >= 0.3 is 6.03 Å². The molecule has 1 aromatic heterocycles. The molecule has 138 valence electrons. The van der Waals surface area contributed by atoms with Gasteiger partial charge in [0, 0.05) is 22.8 Å². The van der Waals surface area contributed by atoms with E-state index in [1.165, 1.54) is 0 Å². The molecule has 1 unspecified atom stereocenters. The first-order chi connectivity index (χ1) is 13.1. The fourth-order valence-electron chi connectivity index (χ4n) is 3.27. The van der Waals surface area contributed by atoms with Crippen molar-refractivity contribution in [2.45, 2.75) is 25.8 Å². The Labute approximate surface area is 162 Å². The number of hydrogen-bond acceptors (Lipinski definition) is 4. The normalized spacial score (nSPS) is 16.5. The van der Waals surface area contributed by atoms with Gasteiger partial charge in [0.15, 0.2) is 0 Å². The van der Waals surface area contributed by atoms with Crippen LogP contribution in [-0.4, -0.2) is 27.6 Å². The van der Waals surface area contributed by atoms with Crippen LogP contribution in [0.15, 0.2) is 53.1 Å². The van der Waals surface area contributed by atoms with Gasteiger partial charge in [0.25, 0.3) is 0 Å². The zero-order valence-electron chi connectivity index (χ0n) is 14.9. The monoisotopic (exact) mass is 382 g/mol. The molecule has 6 nitrogen and oxygen atoms in total. The number of nitrogens with zero attached hydrogens (tertiary/aromatic N) is 3. The summed E-state index contributed by atoms with van der Waals surface area (Å²) in [6, 6.07) is 14.6. The maximum Gasteiger partial charge on any atom is 0.322 e. The lowest BCUT2D eigenvalue weighted by Crippen LogP contribution is -2.34. The van der Waals surface area contributed by atoms with Crippen molar-refractivity contribution in [1.82, 2.24) is 15.0 Å². The number of aromatic nitrogens is 2. The summed E-state index contributed by atoms with van der Waals surface area (Å²) in [5.41, 5.74) is 2.73. The number of halogens is 1. The minimum absolute atomic E-state index is 0.185. The third-order valence-corrected chi connectivity index (χ3v) is 4.86. The Kier molecular flexibility index (Phi) is 4.81. The molecule has 7 heteroatoms. The van der Waals surface area contributed by atoms with Crippen LogP contribution < -0.4 is 5.32 Å². The number of hydrogen-bond donors (Lipinski definition) is 1. The van der Waals surface area contributed by atoms with E-state index in [0.717, 1.165) is 24.0 Å². The highest BCUT2D eigenvalue weighted by atomic mass is 35.5. The zero-order valence-corrected chi connectivity index (χ0v) is 15.6. The number of carbonyl (C=O) groups excluding carboxylic acids is 1. The number of nitrogens with one attached hydrogen (secondary N) is 1. The van der Waals surface area contributed by atoms with E-state index in [4.69, 9.17) is 16.1 Å². The first-order valence-corrected chi connectivity index (χ1v) is 9.22. The van der Waals surface area contributed by atoms with Gasteiger partial charge in [-0.1, -0.05) is 40.5 Å². The summed E-state index contributed by atoms with van der Waals surface area (Å²) in [4.78, 5) is 19.0. The van der Waals surface area contributed by atoms with Crippen molar-refractivity contribution < 1.29 is 9.32 Å². The predicted molar refractivity (Wildman–Crippen MR) is 104 cm³/mol. The van der Waals surface area contributed by atoms with Gasteiger partial charge in [-0.15, -0.1) is 0 Å². The molecule has 0 aliphatic carbocycles. The molecule has 1 aliphatic heterocycles. The van der Waals surface area contributed by atoms with Crippen LogP contribution in [-0.2, 0) is 0 Å². The first kappa shape index (κ1) is 17.5. The maximum atomic E-state index is 12.7. The lowest BCUT2D eigenvalue weighted by Gasteiger charge is -2.22. The molecule has 1 saturated heterocycles. The SMILES string of the molecule is Cc1cccc(-c2noc(C3CCCN3C(=O)Nc3ccc(Cl)cc3)n2)c1. The average molecular weight is 383 g/mol. The largest absolute Gasteiger partial charge is 0.337 e. The van der Waals surface area contributed by atoms with Crippen LogP contribution in [0.4, 0.5) is 10.5 Å². The highest BCUT2D eigenvalue weighted by Crippen LogP contribution is 2.32. The van der Waals surface area contributed by atoms with E-state index < -0.39 is 0 Å². The number of carbonyl (C=O) groups is 1. The van der Waals surface area contributed by atoms with Crippen LogP contribution >= 0.6 is 11.6 Å². The quantitative estimate of drug-likeness (QED) is 0.686. The van der Waals surface area contributed by atoms with Crippen LogP contribution in [0.25, 0.3) is 11.4 Å². The van der Waals surface area contributed by atoms with Crippen molar-refractivity contribution >= 4 is 23.3 Å². The minimum Gasteiger partial charge on any atom is -0.337 e. The highest BCUT2D eigenvalue weighted by molar-refractivity contribution is 6.30. The Hall–Kier alpha value is -2.86. The van der Waals surface area contributed by atoms with Crippen LogP contribution in [0.3, 0.4) is 0 Å². The van der Waals surface area contributed by atoms with Gasteiger partial charge in [-0.05, 0) is 50.1 Å². The Morgan fingerprint density at radius 3 is 2.85 bits per heavy atom. The van der Waals surface area contributed by atoms with Crippen molar-refractivity contribution in [1.29, 1.82) is 0 Å². The summed E-state index contributed by atoms with van der Waals surface area (Å²) in [7, 11) is 0. The fraction of sp³-hybridized carbons (Fsp3) is 0.250. The summed E-state index contributed by atoms with van der Waals surface area (Å²) in [6.07, 6.45) is 1.68. The molecule has 2 aromatic carbocycles. The molecule has 27 heavy (non-hydrogen) atoms. The van der Waals surface area contributed by atoms with Gasteiger partial charge in [0.2, 0.25) is 11.7 Å². The molecule has 1 atom stereocenters. The average Bonchev–Trinajstić information content (AvgIpc) is 3.33. The van der Waals surface area contributed by atoms with Gasteiger partial charge in [0.1, 0.15) is 6.04 Å². The first-order valence-electron chi connectivity index (χ1n) is 8.84. The Morgan fingerprint density at radius 2 is 2.07 bits per heavy atom. The number of anilines is 1. The van der Waals surface area contributed by atoms with E-state index in [2.05, 4.69) is 15.5 Å². The van der Waals surface area contributed by atoms with Gasteiger partial charge in [-0.3, -0.25) is 0 Å². The Morgan fingerprint density at radius 1 is 1.26 bits per heavy atom. The Balaban J connectivity index is 1.51. The molecule has 0 saturated carbocycles. The van der Waals surface area contributed by atoms with Crippen molar-refractivity contribution in [2.24, 2.45) is 0 Å². The number of rotatable bonds is 3. The second-order valence-electron chi connectivity index (χ2n) is 6.61. The molecule has 1 aliphatic rings. The lowest BCUT2D eigenvalue weighted by atomic mass is 10.1. The third kappa shape index (κ3) is 3.80. The standard InChI is InChI=1S/C20H19ClN4O2/c1-13-4-2-5-14(12-13)18-23-19(27-24-18)17-6-3-11-25(17)20(26)22-16-9-7-15(21)8-10-16/h2,4-5,7-10,12,17H,3,6,11H2,1H3,(H,22,26). The topological polar surface area (TPSA) is 71.3 Å². The maximum absolute atomic E-state index is 12.7. The van der Waals surface area contributed by atoms with E-state index in [1.54, 1.807) is 29.2 Å². The fourth-order valence-corrected chi connectivity index (χ4v) is 3.39. The van der Waals surface area contributed by atoms with E-state index >= 15 is 0 Å². The molecule has 0 spiro atoms. The van der Waals surface area contributed by atoms with Crippen LogP contribution in [0.2, 0.25) is 5.02 Å². The highest BCUT2D eigenvalue weighted by Gasteiger charge is 2.34. The summed E-state index contributed by atoms with van der Waals surface area (Å²) in [5, 5.41) is 7.62. The molecule has 4 rings (SSSR count). The van der Waals surface area contributed by atoms with Crippen molar-refractivity contribution in [2.75, 3.05) is 11.9 Å². The summed E-state index contributed by atoms with van der Waals surface area (Å²) in [5.74, 6) is 1.01. The number of amides is 2. The van der Waals surface area contributed by atoms with Gasteiger partial charge in [0.05, 0.1) is 0 Å². The Bertz CT molecular complexity index is 955. The van der Waals surface area contributed by atoms with E-state index in [0.29, 0.717) is 29.0 Å². The molecule has 2 amide bonds. The van der Waals surface area contributed by atoms with Crippen molar-refractivity contribution in [3.63, 3.8) is 0 Å². The molecule has 2 heterocycles. The number of benzene rings is 2. The minimum atomic E-state index is -0.219. The van der Waals surface area contributed by atoms with Crippen molar-refractivity contribution in [3.8, 4) is 11.4 Å².